The lowest BCUT2D eigenvalue weighted by atomic mass is 9.92. The first-order chi connectivity index (χ1) is 26.0. The molecule has 0 atom stereocenters. The van der Waals surface area contributed by atoms with Crippen molar-refractivity contribution in [3.05, 3.63) is 144 Å². The van der Waals surface area contributed by atoms with E-state index >= 15 is 0 Å². The Morgan fingerprint density at radius 2 is 0.906 bits per heavy atom. The summed E-state index contributed by atoms with van der Waals surface area (Å²) in [5, 5.41) is 4.31. The van der Waals surface area contributed by atoms with Crippen molar-refractivity contribution >= 4 is 27.5 Å². The van der Waals surface area contributed by atoms with Crippen LogP contribution < -0.4 is 9.47 Å². The predicted molar refractivity (Wildman–Crippen MR) is 216 cm³/mol. The van der Waals surface area contributed by atoms with Gasteiger partial charge in [-0.3, -0.25) is 0 Å². The Kier molecular flexibility index (Phi) is 15.1. The van der Waals surface area contributed by atoms with Crippen LogP contribution >= 0.6 is 0 Å². The monoisotopic (exact) mass is 704 g/mol. The lowest BCUT2D eigenvalue weighted by Gasteiger charge is -2.10. The summed E-state index contributed by atoms with van der Waals surface area (Å²) in [6, 6.07) is 32.7. The molecule has 0 spiro atoms. The molecular formula is C48H48O5. The van der Waals surface area contributed by atoms with E-state index in [1.807, 2.05) is 55.5 Å². The Bertz CT molecular complexity index is 2050. The van der Waals surface area contributed by atoms with E-state index in [9.17, 15) is 4.79 Å². The van der Waals surface area contributed by atoms with E-state index in [-0.39, 0.29) is 5.97 Å². The molecule has 270 valence electrons. The number of carbonyl (C=O) groups is 1. The van der Waals surface area contributed by atoms with Crippen molar-refractivity contribution in [1.82, 2.24) is 0 Å². The summed E-state index contributed by atoms with van der Waals surface area (Å²) in [6.07, 6.45) is 9.25. The van der Waals surface area contributed by atoms with E-state index in [2.05, 4.69) is 85.4 Å². The van der Waals surface area contributed by atoms with Crippen molar-refractivity contribution in [1.29, 1.82) is 0 Å². The molecule has 0 aliphatic carbocycles. The van der Waals surface area contributed by atoms with Crippen LogP contribution in [0.4, 0.5) is 0 Å². The second-order valence-corrected chi connectivity index (χ2v) is 12.8. The van der Waals surface area contributed by atoms with Gasteiger partial charge in [-0.2, -0.15) is 0 Å². The van der Waals surface area contributed by atoms with Crippen molar-refractivity contribution in [3.63, 3.8) is 0 Å². The fourth-order valence-electron chi connectivity index (χ4n) is 5.91. The largest absolute Gasteiger partial charge is 0.499 e. The van der Waals surface area contributed by atoms with Gasteiger partial charge in [0.2, 0.25) is 0 Å². The number of ether oxygens (including phenoxy) is 4. The molecule has 53 heavy (non-hydrogen) atoms. The van der Waals surface area contributed by atoms with Crippen molar-refractivity contribution in [3.8, 4) is 35.2 Å². The molecule has 5 rings (SSSR count). The Hall–Kier alpha value is -5.91. The fraction of sp³-hybridized carbons (Fsp3) is 0.271. The Morgan fingerprint density at radius 1 is 0.528 bits per heavy atom. The highest BCUT2D eigenvalue weighted by Crippen LogP contribution is 2.32. The summed E-state index contributed by atoms with van der Waals surface area (Å²) in [4.78, 5) is 11.1. The van der Waals surface area contributed by atoms with Crippen molar-refractivity contribution in [2.45, 2.75) is 58.3 Å². The summed E-state index contributed by atoms with van der Waals surface area (Å²) >= 11 is 0. The molecule has 0 unspecified atom stereocenters. The van der Waals surface area contributed by atoms with Gasteiger partial charge >= 0.3 is 5.97 Å². The third kappa shape index (κ3) is 12.1. The molecule has 0 heterocycles. The van der Waals surface area contributed by atoms with Gasteiger partial charge in [0.05, 0.1) is 32.2 Å². The number of fused-ring (bicyclic) bond motifs is 2. The Balaban J connectivity index is 1.21. The molecule has 0 aromatic heterocycles. The molecule has 5 heteroatoms. The number of hydrogen-bond donors (Lipinski definition) is 0. The lowest BCUT2D eigenvalue weighted by molar-refractivity contribution is -0.137. The minimum absolute atomic E-state index is 0.369. The highest BCUT2D eigenvalue weighted by molar-refractivity contribution is 6.09. The summed E-state index contributed by atoms with van der Waals surface area (Å²) in [5.74, 6) is 15.9. The van der Waals surface area contributed by atoms with E-state index in [0.717, 1.165) is 119 Å². The van der Waals surface area contributed by atoms with Crippen molar-refractivity contribution in [2.24, 2.45) is 0 Å². The van der Waals surface area contributed by atoms with Crippen LogP contribution in [0.15, 0.2) is 122 Å². The second kappa shape index (κ2) is 20.8. The zero-order valence-electron chi connectivity index (χ0n) is 30.8. The van der Waals surface area contributed by atoms with Crippen molar-refractivity contribution in [2.75, 3.05) is 26.4 Å². The number of hydrogen-bond acceptors (Lipinski definition) is 5. The Labute approximate surface area is 314 Å². The van der Waals surface area contributed by atoms with Crippen LogP contribution in [0.2, 0.25) is 0 Å². The van der Waals surface area contributed by atoms with Crippen LogP contribution in [0.25, 0.3) is 21.5 Å². The number of unbranched alkanes of at least 4 members (excludes halogenated alkanes) is 6. The second-order valence-electron chi connectivity index (χ2n) is 12.8. The zero-order valence-corrected chi connectivity index (χ0v) is 30.8. The number of allylic oxidation sites excluding steroid dienone is 1. The molecule has 0 aliphatic rings. The van der Waals surface area contributed by atoms with Gasteiger partial charge in [0.25, 0.3) is 0 Å². The van der Waals surface area contributed by atoms with Gasteiger partial charge in [-0.1, -0.05) is 85.4 Å². The molecule has 0 N–H and O–H groups in total. The standard InChI is InChI=1S/C48H48O5/c1-4-48(49)53-36-16-8-7-15-35-52-41-29-23-39(24-30-41)26-32-47-44-19-11-9-17-42(44)46(43-18-10-12-20-45(43)47)31-25-38-21-27-40(28-22-38)51-34-14-6-5-13-33-50-37(2)3/h4,9-12,17-24,27-30H,1-2,5-8,13-16,33-36H2,3H3. The highest BCUT2D eigenvalue weighted by Gasteiger charge is 2.11. The first-order valence-electron chi connectivity index (χ1n) is 18.5. The molecule has 0 bridgehead atoms. The normalized spacial score (nSPS) is 10.4. The average molecular weight is 705 g/mol. The maximum Gasteiger partial charge on any atom is 0.330 e. The van der Waals surface area contributed by atoms with E-state index in [4.69, 9.17) is 18.9 Å². The quantitative estimate of drug-likeness (QED) is 0.0227. The van der Waals surface area contributed by atoms with E-state index in [0.29, 0.717) is 19.8 Å². The summed E-state index contributed by atoms with van der Waals surface area (Å²) < 4.78 is 22.4. The topological polar surface area (TPSA) is 54.0 Å². The average Bonchev–Trinajstić information content (AvgIpc) is 3.18. The minimum atomic E-state index is -0.369. The number of benzene rings is 5. The van der Waals surface area contributed by atoms with Gasteiger partial charge in [-0.25, -0.2) is 4.79 Å². The summed E-state index contributed by atoms with van der Waals surface area (Å²) in [7, 11) is 0. The van der Waals surface area contributed by atoms with Crippen LogP contribution in [0, 0.1) is 23.7 Å². The van der Waals surface area contributed by atoms with Gasteiger partial charge in [0.15, 0.2) is 0 Å². The van der Waals surface area contributed by atoms with Crippen LogP contribution in [0.5, 0.6) is 11.5 Å². The van der Waals surface area contributed by atoms with Gasteiger partial charge in [0, 0.05) is 28.3 Å². The first-order valence-corrected chi connectivity index (χ1v) is 18.5. The molecule has 0 saturated heterocycles. The molecule has 0 fully saturated rings. The third-order valence-electron chi connectivity index (χ3n) is 8.68. The number of esters is 1. The SMILES string of the molecule is C=CC(=O)OCCCCCCOc1ccc(C#Cc2c3ccccc3c(C#Cc3ccc(OCCCCCCOC(=C)C)cc3)c3ccccc23)cc1. The number of rotatable bonds is 18. The molecule has 0 radical (unpaired) electrons. The highest BCUT2D eigenvalue weighted by atomic mass is 16.5. The molecular weight excluding hydrogens is 657 g/mol. The molecule has 0 saturated carbocycles. The molecule has 0 aliphatic heterocycles. The van der Waals surface area contributed by atoms with Crippen LogP contribution in [-0.2, 0) is 14.3 Å². The third-order valence-corrected chi connectivity index (χ3v) is 8.68. The number of carbonyl (C=O) groups excluding carboxylic acids is 1. The van der Waals surface area contributed by atoms with E-state index in [1.54, 1.807) is 0 Å². The van der Waals surface area contributed by atoms with Gasteiger partial charge in [-0.15, -0.1) is 0 Å². The van der Waals surface area contributed by atoms with Crippen LogP contribution in [-0.4, -0.2) is 32.4 Å². The Morgan fingerprint density at radius 3 is 1.28 bits per heavy atom. The van der Waals surface area contributed by atoms with Crippen molar-refractivity contribution < 1.29 is 23.7 Å². The molecule has 5 aromatic rings. The van der Waals surface area contributed by atoms with Gasteiger partial charge in [-0.05, 0) is 128 Å². The minimum Gasteiger partial charge on any atom is -0.499 e. The summed E-state index contributed by atoms with van der Waals surface area (Å²) in [6.45, 7) is 11.5. The van der Waals surface area contributed by atoms with Crippen LogP contribution in [0.3, 0.4) is 0 Å². The lowest BCUT2D eigenvalue weighted by Crippen LogP contribution is -2.02. The summed E-state index contributed by atoms with van der Waals surface area (Å²) in [5.41, 5.74) is 3.83. The molecule has 5 nitrogen and oxygen atoms in total. The zero-order chi connectivity index (χ0) is 37.1. The maximum atomic E-state index is 11.1. The molecule has 5 aromatic carbocycles. The first kappa shape index (κ1) is 38.3. The molecule has 0 amide bonds. The van der Waals surface area contributed by atoms with E-state index < -0.39 is 0 Å². The maximum absolute atomic E-state index is 11.1. The smallest absolute Gasteiger partial charge is 0.330 e. The van der Waals surface area contributed by atoms with E-state index in [1.165, 1.54) is 6.08 Å². The fourth-order valence-corrected chi connectivity index (χ4v) is 5.91. The van der Waals surface area contributed by atoms with Crippen LogP contribution in [0.1, 0.15) is 80.5 Å². The predicted octanol–water partition coefficient (Wildman–Crippen LogP) is 11.0. The van der Waals surface area contributed by atoms with Gasteiger partial charge in [0.1, 0.15) is 11.5 Å². The van der Waals surface area contributed by atoms with Gasteiger partial charge < -0.3 is 18.9 Å².